The van der Waals surface area contributed by atoms with Crippen molar-refractivity contribution in [2.24, 2.45) is 0 Å². The van der Waals surface area contributed by atoms with Crippen molar-refractivity contribution < 1.29 is 0 Å². The van der Waals surface area contributed by atoms with Gasteiger partial charge in [-0.05, 0) is 5.56 Å². The van der Waals surface area contributed by atoms with Crippen LogP contribution in [0.1, 0.15) is 19.4 Å². The van der Waals surface area contributed by atoms with Gasteiger partial charge in [0.1, 0.15) is 5.82 Å². The fourth-order valence-corrected chi connectivity index (χ4v) is 1.63. The molecule has 2 aromatic rings. The van der Waals surface area contributed by atoms with E-state index >= 15 is 0 Å². The maximum Gasteiger partial charge on any atom is 0.137 e. The highest BCUT2D eigenvalue weighted by Gasteiger charge is 2.06. The third-order valence-electron chi connectivity index (χ3n) is 2.47. The molecule has 0 radical (unpaired) electrons. The number of rotatable bonds is 4. The van der Waals surface area contributed by atoms with E-state index in [9.17, 15) is 0 Å². The molecule has 0 aliphatic rings. The van der Waals surface area contributed by atoms with Crippen molar-refractivity contribution in [3.8, 4) is 11.4 Å². The van der Waals surface area contributed by atoms with Gasteiger partial charge in [0.25, 0.3) is 0 Å². The van der Waals surface area contributed by atoms with Gasteiger partial charge in [-0.1, -0.05) is 38.1 Å². The average Bonchev–Trinajstić information content (AvgIpc) is 2.80. The van der Waals surface area contributed by atoms with Crippen LogP contribution in [0, 0.1) is 0 Å². The normalized spacial score (nSPS) is 10.9. The number of benzene rings is 1. The second-order valence-electron chi connectivity index (χ2n) is 4.13. The van der Waals surface area contributed by atoms with Crippen molar-refractivity contribution in [2.45, 2.75) is 26.4 Å². The third-order valence-corrected chi connectivity index (χ3v) is 2.47. The molecule has 2 N–H and O–H groups in total. The van der Waals surface area contributed by atoms with Gasteiger partial charge in [0.15, 0.2) is 0 Å². The molecule has 1 aromatic heterocycles. The van der Waals surface area contributed by atoms with E-state index in [1.54, 1.807) is 6.20 Å². The number of nitrogens with zero attached hydrogens (tertiary/aromatic N) is 1. The molecule has 0 saturated heterocycles. The van der Waals surface area contributed by atoms with E-state index in [1.165, 1.54) is 11.1 Å². The van der Waals surface area contributed by atoms with Gasteiger partial charge in [-0.25, -0.2) is 4.98 Å². The van der Waals surface area contributed by atoms with E-state index in [0.29, 0.717) is 6.04 Å². The van der Waals surface area contributed by atoms with Gasteiger partial charge in [0.2, 0.25) is 0 Å². The Bertz CT molecular complexity index is 432. The minimum Gasteiger partial charge on any atom is -0.345 e. The number of aromatic nitrogens is 2. The van der Waals surface area contributed by atoms with Crippen LogP contribution in [-0.2, 0) is 6.54 Å². The number of imidazole rings is 1. The maximum atomic E-state index is 4.29. The number of aromatic amines is 1. The lowest BCUT2D eigenvalue weighted by Crippen LogP contribution is -2.22. The fourth-order valence-electron chi connectivity index (χ4n) is 1.63. The van der Waals surface area contributed by atoms with Crippen molar-refractivity contribution in [3.63, 3.8) is 0 Å². The third kappa shape index (κ3) is 2.49. The summed E-state index contributed by atoms with van der Waals surface area (Å²) in [5, 5.41) is 3.42. The van der Waals surface area contributed by atoms with Gasteiger partial charge in [-0.2, -0.15) is 0 Å². The van der Waals surface area contributed by atoms with Crippen LogP contribution < -0.4 is 5.32 Å². The summed E-state index contributed by atoms with van der Waals surface area (Å²) < 4.78 is 0. The highest BCUT2D eigenvalue weighted by Crippen LogP contribution is 2.19. The van der Waals surface area contributed by atoms with Gasteiger partial charge in [0, 0.05) is 30.5 Å². The molecule has 1 heterocycles. The molecule has 2 rings (SSSR count). The van der Waals surface area contributed by atoms with E-state index in [-0.39, 0.29) is 0 Å². The molecule has 3 nitrogen and oxygen atoms in total. The van der Waals surface area contributed by atoms with Gasteiger partial charge < -0.3 is 10.3 Å². The predicted molar refractivity (Wildman–Crippen MR) is 66.0 cm³/mol. The summed E-state index contributed by atoms with van der Waals surface area (Å²) in [6, 6.07) is 8.81. The van der Waals surface area contributed by atoms with Gasteiger partial charge in [-0.15, -0.1) is 0 Å². The highest BCUT2D eigenvalue weighted by molar-refractivity contribution is 5.59. The fraction of sp³-hybridized carbons (Fsp3) is 0.308. The average molecular weight is 215 g/mol. The molecule has 16 heavy (non-hydrogen) atoms. The van der Waals surface area contributed by atoms with E-state index in [0.717, 1.165) is 12.4 Å². The molecule has 0 aliphatic heterocycles. The van der Waals surface area contributed by atoms with Crippen LogP contribution in [-0.4, -0.2) is 16.0 Å². The zero-order valence-electron chi connectivity index (χ0n) is 9.70. The first kappa shape index (κ1) is 10.9. The predicted octanol–water partition coefficient (Wildman–Crippen LogP) is 2.57. The Hall–Kier alpha value is -1.61. The summed E-state index contributed by atoms with van der Waals surface area (Å²) in [5.74, 6) is 0.932. The summed E-state index contributed by atoms with van der Waals surface area (Å²) in [6.45, 7) is 5.17. The molecule has 84 valence electrons. The summed E-state index contributed by atoms with van der Waals surface area (Å²) in [7, 11) is 0. The van der Waals surface area contributed by atoms with Crippen molar-refractivity contribution in [2.75, 3.05) is 0 Å². The molecule has 0 amide bonds. The molecule has 0 atom stereocenters. The first-order chi connectivity index (χ1) is 7.77. The van der Waals surface area contributed by atoms with Crippen LogP contribution in [0.25, 0.3) is 11.4 Å². The summed E-state index contributed by atoms with van der Waals surface area (Å²) in [6.07, 6.45) is 3.63. The van der Waals surface area contributed by atoms with Crippen LogP contribution in [0.15, 0.2) is 36.7 Å². The van der Waals surface area contributed by atoms with Crippen LogP contribution in [0.4, 0.5) is 0 Å². The molecule has 3 heteroatoms. The van der Waals surface area contributed by atoms with Gasteiger partial charge in [-0.3, -0.25) is 0 Å². The lowest BCUT2D eigenvalue weighted by Gasteiger charge is -2.11. The van der Waals surface area contributed by atoms with Crippen molar-refractivity contribution in [1.82, 2.24) is 15.3 Å². The Labute approximate surface area is 95.9 Å². The Kier molecular flexibility index (Phi) is 3.37. The van der Waals surface area contributed by atoms with E-state index in [1.807, 2.05) is 12.3 Å². The lowest BCUT2D eigenvalue weighted by molar-refractivity contribution is 0.589. The van der Waals surface area contributed by atoms with E-state index in [4.69, 9.17) is 0 Å². The van der Waals surface area contributed by atoms with E-state index < -0.39 is 0 Å². The molecular formula is C13H17N3. The lowest BCUT2D eigenvalue weighted by atomic mass is 10.1. The largest absolute Gasteiger partial charge is 0.345 e. The zero-order chi connectivity index (χ0) is 11.4. The molecule has 0 bridgehead atoms. The summed E-state index contributed by atoms with van der Waals surface area (Å²) in [4.78, 5) is 7.43. The standard InChI is InChI=1S/C13H17N3/c1-10(2)16-9-11-5-3-4-6-12(11)13-14-7-8-15-13/h3-8,10,16H,9H2,1-2H3,(H,14,15). The number of H-pyrrole nitrogens is 1. The number of nitrogens with one attached hydrogen (secondary N) is 2. The molecule has 0 spiro atoms. The van der Waals surface area contributed by atoms with Crippen molar-refractivity contribution in [1.29, 1.82) is 0 Å². The minimum absolute atomic E-state index is 0.490. The van der Waals surface area contributed by atoms with Gasteiger partial charge in [0.05, 0.1) is 0 Å². The summed E-state index contributed by atoms with van der Waals surface area (Å²) in [5.41, 5.74) is 2.44. The Morgan fingerprint density at radius 1 is 1.31 bits per heavy atom. The smallest absolute Gasteiger partial charge is 0.137 e. The monoisotopic (exact) mass is 215 g/mol. The summed E-state index contributed by atoms with van der Waals surface area (Å²) >= 11 is 0. The molecule has 1 aromatic carbocycles. The quantitative estimate of drug-likeness (QED) is 0.823. The first-order valence-corrected chi connectivity index (χ1v) is 5.58. The zero-order valence-corrected chi connectivity index (χ0v) is 9.70. The molecule has 0 saturated carbocycles. The second-order valence-corrected chi connectivity index (χ2v) is 4.13. The van der Waals surface area contributed by atoms with Crippen molar-refractivity contribution in [3.05, 3.63) is 42.2 Å². The molecule has 0 aliphatic carbocycles. The Morgan fingerprint density at radius 2 is 2.12 bits per heavy atom. The molecular weight excluding hydrogens is 198 g/mol. The Morgan fingerprint density at radius 3 is 2.81 bits per heavy atom. The van der Waals surface area contributed by atoms with Crippen LogP contribution in [0.3, 0.4) is 0 Å². The van der Waals surface area contributed by atoms with Crippen LogP contribution >= 0.6 is 0 Å². The Balaban J connectivity index is 2.24. The van der Waals surface area contributed by atoms with E-state index in [2.05, 4.69) is 47.3 Å². The maximum absolute atomic E-state index is 4.29. The number of hydrogen-bond acceptors (Lipinski definition) is 2. The SMILES string of the molecule is CC(C)NCc1ccccc1-c1ncc[nH]1. The van der Waals surface area contributed by atoms with Crippen LogP contribution in [0.2, 0.25) is 0 Å². The second kappa shape index (κ2) is 4.94. The minimum atomic E-state index is 0.490. The molecule has 0 fully saturated rings. The number of hydrogen-bond donors (Lipinski definition) is 2. The first-order valence-electron chi connectivity index (χ1n) is 5.58. The van der Waals surface area contributed by atoms with Crippen LogP contribution in [0.5, 0.6) is 0 Å². The molecule has 0 unspecified atom stereocenters. The topological polar surface area (TPSA) is 40.7 Å². The highest BCUT2D eigenvalue weighted by atomic mass is 14.9. The van der Waals surface area contributed by atoms with Gasteiger partial charge >= 0.3 is 0 Å². The van der Waals surface area contributed by atoms with Crippen molar-refractivity contribution >= 4 is 0 Å².